The zero-order chi connectivity index (χ0) is 26.9. The van der Waals surface area contributed by atoms with E-state index in [0.29, 0.717) is 5.92 Å². The standard InChI is InChI=1S/C33H42N2O3/c1-24(2)22-35(31(36)27-14-13-25-9-6-7-10-26(25)19-27)29-15-16-33(38-5)23-34(3)18-17-32(33,21-29)28-11-8-12-30(20-28)37-4/h6-14,19-20,24,29H,15-18,21-23H2,1-5H3/t29-,32+,33+/m1/s1. The summed E-state index contributed by atoms with van der Waals surface area (Å²) in [7, 11) is 5.79. The van der Waals surface area contributed by atoms with E-state index in [2.05, 4.69) is 73.2 Å². The number of hydrogen-bond acceptors (Lipinski definition) is 4. The van der Waals surface area contributed by atoms with Gasteiger partial charge < -0.3 is 19.3 Å². The molecule has 2 fully saturated rings. The second kappa shape index (κ2) is 10.7. The Morgan fingerprint density at radius 2 is 1.82 bits per heavy atom. The van der Waals surface area contributed by atoms with E-state index in [0.717, 1.165) is 67.4 Å². The molecule has 0 spiro atoms. The predicted molar refractivity (Wildman–Crippen MR) is 154 cm³/mol. The molecule has 2 aliphatic rings. The lowest BCUT2D eigenvalue weighted by Gasteiger charge is -2.60. The number of fused-ring (bicyclic) bond motifs is 2. The van der Waals surface area contributed by atoms with Crippen molar-refractivity contribution in [3.05, 3.63) is 77.9 Å². The van der Waals surface area contributed by atoms with Gasteiger partial charge in [-0.2, -0.15) is 0 Å². The van der Waals surface area contributed by atoms with E-state index in [4.69, 9.17) is 9.47 Å². The van der Waals surface area contributed by atoms with E-state index in [-0.39, 0.29) is 23.0 Å². The molecule has 3 aromatic carbocycles. The van der Waals surface area contributed by atoms with Crippen LogP contribution in [0.25, 0.3) is 10.8 Å². The predicted octanol–water partition coefficient (Wildman–Crippen LogP) is 6.16. The molecule has 1 aliphatic heterocycles. The van der Waals surface area contributed by atoms with Crippen LogP contribution in [0.5, 0.6) is 5.75 Å². The first-order valence-corrected chi connectivity index (χ1v) is 14.0. The summed E-state index contributed by atoms with van der Waals surface area (Å²) in [6, 6.07) is 23.0. The van der Waals surface area contributed by atoms with Crippen molar-refractivity contribution in [2.24, 2.45) is 5.92 Å². The van der Waals surface area contributed by atoms with Crippen molar-refractivity contribution >= 4 is 16.7 Å². The number of hydrogen-bond donors (Lipinski definition) is 0. The van der Waals surface area contributed by atoms with Gasteiger partial charge in [0.1, 0.15) is 5.75 Å². The number of methoxy groups -OCH3 is 2. The molecule has 1 amide bonds. The van der Waals surface area contributed by atoms with E-state index >= 15 is 0 Å². The summed E-state index contributed by atoms with van der Waals surface area (Å²) >= 11 is 0. The van der Waals surface area contributed by atoms with Crippen LogP contribution in [0.2, 0.25) is 0 Å². The number of ether oxygens (including phenoxy) is 2. The van der Waals surface area contributed by atoms with Crippen LogP contribution in [-0.4, -0.2) is 68.3 Å². The molecule has 0 bridgehead atoms. The minimum absolute atomic E-state index is 0.132. The number of carbonyl (C=O) groups excluding carboxylic acids is 1. The Morgan fingerprint density at radius 3 is 2.55 bits per heavy atom. The summed E-state index contributed by atoms with van der Waals surface area (Å²) in [5, 5.41) is 2.26. The first kappa shape index (κ1) is 26.7. The number of amides is 1. The third-order valence-electron chi connectivity index (χ3n) is 9.06. The molecule has 38 heavy (non-hydrogen) atoms. The maximum absolute atomic E-state index is 14.2. The zero-order valence-corrected chi connectivity index (χ0v) is 23.6. The van der Waals surface area contributed by atoms with Crippen molar-refractivity contribution < 1.29 is 14.3 Å². The molecule has 1 aliphatic carbocycles. The molecule has 5 nitrogen and oxygen atoms in total. The summed E-state index contributed by atoms with van der Waals surface area (Å²) in [4.78, 5) is 18.8. The third kappa shape index (κ3) is 4.71. The Labute approximate surface area is 227 Å². The van der Waals surface area contributed by atoms with E-state index in [1.165, 1.54) is 5.56 Å². The van der Waals surface area contributed by atoms with Crippen molar-refractivity contribution in [1.82, 2.24) is 9.80 Å². The minimum atomic E-state index is -0.307. The average Bonchev–Trinajstić information content (AvgIpc) is 2.94. The Hall–Kier alpha value is -2.89. The molecule has 1 saturated carbocycles. The van der Waals surface area contributed by atoms with E-state index in [1.54, 1.807) is 7.11 Å². The van der Waals surface area contributed by atoms with Gasteiger partial charge >= 0.3 is 0 Å². The summed E-state index contributed by atoms with van der Waals surface area (Å²) in [6.45, 7) is 7.03. The number of carbonyl (C=O) groups is 1. The third-order valence-corrected chi connectivity index (χ3v) is 9.06. The SMILES string of the molecule is COc1cccc([C@@]23CCN(C)C[C@@]2(OC)CC[C@@H](N(CC(C)C)C(=O)c2ccc4ccccc4c2)C3)c1. The fraction of sp³-hybridized carbons (Fsp3) is 0.485. The van der Waals surface area contributed by atoms with Crippen LogP contribution < -0.4 is 4.74 Å². The van der Waals surface area contributed by atoms with Gasteiger partial charge in [0, 0.05) is 37.2 Å². The fourth-order valence-electron chi connectivity index (χ4n) is 7.14. The Morgan fingerprint density at radius 1 is 1.03 bits per heavy atom. The van der Waals surface area contributed by atoms with Gasteiger partial charge in [0.05, 0.1) is 12.7 Å². The van der Waals surface area contributed by atoms with Gasteiger partial charge in [-0.25, -0.2) is 0 Å². The molecule has 5 heteroatoms. The van der Waals surface area contributed by atoms with Gasteiger partial charge in [0.15, 0.2) is 0 Å². The summed E-state index contributed by atoms with van der Waals surface area (Å²) in [5.41, 5.74) is 1.52. The molecule has 5 rings (SSSR count). The second-order valence-corrected chi connectivity index (χ2v) is 11.8. The van der Waals surface area contributed by atoms with E-state index in [1.807, 2.05) is 31.4 Å². The Balaban J connectivity index is 1.55. The van der Waals surface area contributed by atoms with Crippen molar-refractivity contribution in [1.29, 1.82) is 0 Å². The van der Waals surface area contributed by atoms with Gasteiger partial charge in [-0.15, -0.1) is 0 Å². The first-order chi connectivity index (χ1) is 18.3. The molecule has 1 saturated heterocycles. The number of nitrogens with zero attached hydrogens (tertiary/aromatic N) is 2. The molecule has 3 aromatic rings. The van der Waals surface area contributed by atoms with Crippen LogP contribution in [-0.2, 0) is 10.2 Å². The lowest BCUT2D eigenvalue weighted by Crippen LogP contribution is -2.67. The molecule has 0 N–H and O–H groups in total. The van der Waals surface area contributed by atoms with Crippen molar-refractivity contribution in [2.75, 3.05) is 40.9 Å². The van der Waals surface area contributed by atoms with E-state index in [9.17, 15) is 4.79 Å². The summed E-state index contributed by atoms with van der Waals surface area (Å²) < 4.78 is 12.2. The van der Waals surface area contributed by atoms with Crippen LogP contribution in [0.15, 0.2) is 66.7 Å². The maximum atomic E-state index is 14.2. The highest BCUT2D eigenvalue weighted by Gasteiger charge is 2.59. The molecule has 1 heterocycles. The fourth-order valence-corrected chi connectivity index (χ4v) is 7.14. The smallest absolute Gasteiger partial charge is 0.254 e. The highest BCUT2D eigenvalue weighted by atomic mass is 16.5. The Kier molecular flexibility index (Phi) is 7.52. The van der Waals surface area contributed by atoms with Gasteiger partial charge in [-0.3, -0.25) is 4.79 Å². The number of rotatable bonds is 7. The lowest BCUT2D eigenvalue weighted by molar-refractivity contribution is -0.150. The summed E-state index contributed by atoms with van der Waals surface area (Å²) in [5.74, 6) is 1.38. The van der Waals surface area contributed by atoms with Crippen LogP contribution in [0.1, 0.15) is 55.5 Å². The minimum Gasteiger partial charge on any atom is -0.497 e. The monoisotopic (exact) mass is 514 g/mol. The lowest BCUT2D eigenvalue weighted by atomic mass is 9.55. The molecular weight excluding hydrogens is 472 g/mol. The molecule has 3 atom stereocenters. The van der Waals surface area contributed by atoms with Gasteiger partial charge in [0.25, 0.3) is 5.91 Å². The van der Waals surface area contributed by atoms with Crippen LogP contribution >= 0.6 is 0 Å². The van der Waals surface area contributed by atoms with Gasteiger partial charge in [-0.1, -0.05) is 56.3 Å². The number of piperidine rings is 1. The number of likely N-dealkylation sites (tertiary alicyclic amines) is 1. The first-order valence-electron chi connectivity index (χ1n) is 14.0. The van der Waals surface area contributed by atoms with Crippen molar-refractivity contribution in [2.45, 2.75) is 56.6 Å². The van der Waals surface area contributed by atoms with Gasteiger partial charge in [-0.05, 0) is 85.8 Å². The van der Waals surface area contributed by atoms with Crippen molar-refractivity contribution in [3.63, 3.8) is 0 Å². The van der Waals surface area contributed by atoms with Crippen LogP contribution in [0.4, 0.5) is 0 Å². The molecule has 0 aromatic heterocycles. The molecule has 0 radical (unpaired) electrons. The Bertz CT molecular complexity index is 1290. The average molecular weight is 515 g/mol. The molecular formula is C33H42N2O3. The van der Waals surface area contributed by atoms with Crippen LogP contribution in [0.3, 0.4) is 0 Å². The summed E-state index contributed by atoms with van der Waals surface area (Å²) in [6.07, 6.45) is 3.71. The second-order valence-electron chi connectivity index (χ2n) is 11.8. The van der Waals surface area contributed by atoms with Crippen LogP contribution in [0, 0.1) is 5.92 Å². The highest BCUT2D eigenvalue weighted by molar-refractivity contribution is 5.98. The highest BCUT2D eigenvalue weighted by Crippen LogP contribution is 2.54. The van der Waals surface area contributed by atoms with E-state index < -0.39 is 0 Å². The zero-order valence-electron chi connectivity index (χ0n) is 23.6. The number of likely N-dealkylation sites (N-methyl/N-ethyl adjacent to an activating group) is 1. The van der Waals surface area contributed by atoms with Gasteiger partial charge in [0.2, 0.25) is 0 Å². The normalized spacial score (nSPS) is 25.8. The number of benzene rings is 3. The molecule has 0 unspecified atom stereocenters. The maximum Gasteiger partial charge on any atom is 0.254 e. The topological polar surface area (TPSA) is 42.0 Å². The largest absolute Gasteiger partial charge is 0.497 e. The quantitative estimate of drug-likeness (QED) is 0.379. The van der Waals surface area contributed by atoms with Crippen molar-refractivity contribution in [3.8, 4) is 5.75 Å². The molecule has 202 valence electrons.